The fourth-order valence-electron chi connectivity index (χ4n) is 3.23. The first-order valence-corrected chi connectivity index (χ1v) is 11.2. The molecule has 152 valence electrons. The van der Waals surface area contributed by atoms with Gasteiger partial charge in [0.1, 0.15) is 0 Å². The Labute approximate surface area is 174 Å². The summed E-state index contributed by atoms with van der Waals surface area (Å²) in [6.45, 7) is 9.70. The second kappa shape index (κ2) is 17.0. The van der Waals surface area contributed by atoms with E-state index in [-0.39, 0.29) is 0 Å². The summed E-state index contributed by atoms with van der Waals surface area (Å²) >= 11 is 0. The molecule has 2 aromatic carbocycles. The fourth-order valence-corrected chi connectivity index (χ4v) is 3.23. The van der Waals surface area contributed by atoms with E-state index in [0.29, 0.717) is 0 Å². The van der Waals surface area contributed by atoms with Crippen LogP contribution < -0.4 is 0 Å². The highest BCUT2D eigenvalue weighted by Gasteiger charge is 1.95. The molecule has 0 aliphatic rings. The minimum Gasteiger partial charge on any atom is -0.0985 e. The van der Waals surface area contributed by atoms with E-state index < -0.39 is 0 Å². The Balaban J connectivity index is 0.000000406. The van der Waals surface area contributed by atoms with Crippen LogP contribution in [0.2, 0.25) is 0 Å². The average Bonchev–Trinajstić information content (AvgIpc) is 2.76. The molecule has 0 aliphatic heterocycles. The number of hydrogen-bond donors (Lipinski definition) is 0. The molecule has 0 heteroatoms. The molecule has 0 heterocycles. The van der Waals surface area contributed by atoms with Crippen LogP contribution in [0.3, 0.4) is 0 Å². The summed E-state index contributed by atoms with van der Waals surface area (Å²) in [6.07, 6.45) is 19.1. The van der Waals surface area contributed by atoms with Gasteiger partial charge >= 0.3 is 0 Å². The van der Waals surface area contributed by atoms with Gasteiger partial charge in [0.15, 0.2) is 0 Å². The molecular formula is C28H40. The largest absolute Gasteiger partial charge is 0.0985 e. The molecule has 0 saturated carbocycles. The summed E-state index contributed by atoms with van der Waals surface area (Å²) in [5.74, 6) is 0. The van der Waals surface area contributed by atoms with Crippen LogP contribution in [0.15, 0.2) is 67.8 Å². The van der Waals surface area contributed by atoms with Crippen LogP contribution in [-0.2, 0) is 6.42 Å². The Morgan fingerprint density at radius 2 is 1.04 bits per heavy atom. The lowest BCUT2D eigenvalue weighted by atomic mass is 10.0. The van der Waals surface area contributed by atoms with Gasteiger partial charge < -0.3 is 0 Å². The summed E-state index contributed by atoms with van der Waals surface area (Å²) in [5.41, 5.74) is 3.86. The molecule has 0 unspecified atom stereocenters. The quantitative estimate of drug-likeness (QED) is 0.306. The summed E-state index contributed by atoms with van der Waals surface area (Å²) in [4.78, 5) is 0. The van der Waals surface area contributed by atoms with Gasteiger partial charge in [-0.25, -0.2) is 0 Å². The van der Waals surface area contributed by atoms with E-state index in [4.69, 9.17) is 0 Å². The van der Waals surface area contributed by atoms with E-state index in [0.717, 1.165) is 0 Å². The van der Waals surface area contributed by atoms with Crippen LogP contribution in [0.5, 0.6) is 0 Å². The molecule has 0 fully saturated rings. The van der Waals surface area contributed by atoms with Crippen molar-refractivity contribution in [1.82, 2.24) is 0 Å². The van der Waals surface area contributed by atoms with E-state index in [1.807, 2.05) is 42.5 Å². The predicted molar refractivity (Wildman–Crippen MR) is 129 cm³/mol. The summed E-state index contributed by atoms with van der Waals surface area (Å²) in [7, 11) is 0. The molecular weight excluding hydrogens is 336 g/mol. The SMILES string of the molecule is C=Cc1ccc(CCCCCCCCCCCC)cc1.C=Cc1ccccc1. The molecule has 2 rings (SSSR count). The van der Waals surface area contributed by atoms with Gasteiger partial charge in [0.2, 0.25) is 0 Å². The number of unbranched alkanes of at least 4 members (excludes halogenated alkanes) is 9. The molecule has 0 aliphatic carbocycles. The molecule has 0 saturated heterocycles. The zero-order valence-electron chi connectivity index (χ0n) is 18.0. The van der Waals surface area contributed by atoms with Crippen LogP contribution in [-0.4, -0.2) is 0 Å². The lowest BCUT2D eigenvalue weighted by Crippen LogP contribution is -1.87. The van der Waals surface area contributed by atoms with Crippen LogP contribution in [0.1, 0.15) is 87.8 Å². The van der Waals surface area contributed by atoms with Gasteiger partial charge in [-0.05, 0) is 29.5 Å². The Morgan fingerprint density at radius 1 is 0.571 bits per heavy atom. The highest BCUT2D eigenvalue weighted by atomic mass is 14.0. The standard InChI is InChI=1S/C20H32.C8H8/c1-3-5-6-7-8-9-10-11-12-13-14-20-17-15-19(4-2)16-18-20;1-2-8-6-4-3-5-7-8/h4,15-18H,2-3,5-14H2,1H3;2-7H,1H2. The Bertz CT molecular complexity index is 606. The second-order valence-corrected chi connectivity index (χ2v) is 7.49. The predicted octanol–water partition coefficient (Wildman–Crippen LogP) is 9.12. The van der Waals surface area contributed by atoms with Crippen molar-refractivity contribution in [2.45, 2.75) is 77.6 Å². The van der Waals surface area contributed by atoms with Crippen molar-refractivity contribution in [1.29, 1.82) is 0 Å². The lowest BCUT2D eigenvalue weighted by molar-refractivity contribution is 0.556. The van der Waals surface area contributed by atoms with Crippen molar-refractivity contribution < 1.29 is 0 Å². The van der Waals surface area contributed by atoms with Gasteiger partial charge in [-0.15, -0.1) is 0 Å². The molecule has 0 N–H and O–H groups in total. The molecule has 0 bridgehead atoms. The third-order valence-corrected chi connectivity index (χ3v) is 5.07. The van der Waals surface area contributed by atoms with Crippen LogP contribution >= 0.6 is 0 Å². The molecule has 0 nitrogen and oxygen atoms in total. The highest BCUT2D eigenvalue weighted by Crippen LogP contribution is 2.13. The lowest BCUT2D eigenvalue weighted by Gasteiger charge is -2.03. The van der Waals surface area contributed by atoms with E-state index >= 15 is 0 Å². The Morgan fingerprint density at radius 3 is 1.50 bits per heavy atom. The van der Waals surface area contributed by atoms with Crippen molar-refractivity contribution >= 4 is 12.2 Å². The molecule has 2 aromatic rings. The number of hydrogen-bond acceptors (Lipinski definition) is 0. The van der Waals surface area contributed by atoms with Crippen molar-refractivity contribution in [2.24, 2.45) is 0 Å². The highest BCUT2D eigenvalue weighted by molar-refractivity contribution is 5.47. The zero-order valence-corrected chi connectivity index (χ0v) is 18.0. The Hall–Kier alpha value is -2.08. The van der Waals surface area contributed by atoms with Gasteiger partial charge in [-0.2, -0.15) is 0 Å². The van der Waals surface area contributed by atoms with E-state index in [2.05, 4.69) is 44.3 Å². The van der Waals surface area contributed by atoms with Gasteiger partial charge in [-0.1, -0.05) is 145 Å². The molecule has 28 heavy (non-hydrogen) atoms. The smallest absolute Gasteiger partial charge is 0.0262 e. The molecule has 0 amide bonds. The minimum absolute atomic E-state index is 1.17. The third-order valence-electron chi connectivity index (χ3n) is 5.07. The number of rotatable bonds is 13. The number of aryl methyl sites for hydroxylation is 1. The van der Waals surface area contributed by atoms with E-state index in [1.165, 1.54) is 87.3 Å². The van der Waals surface area contributed by atoms with Gasteiger partial charge in [-0.3, -0.25) is 0 Å². The monoisotopic (exact) mass is 376 g/mol. The number of benzene rings is 2. The van der Waals surface area contributed by atoms with E-state index in [9.17, 15) is 0 Å². The zero-order chi connectivity index (χ0) is 20.3. The van der Waals surface area contributed by atoms with Gasteiger partial charge in [0.05, 0.1) is 0 Å². The summed E-state index contributed by atoms with van der Waals surface area (Å²) in [6, 6.07) is 18.8. The first kappa shape index (κ1) is 24.0. The molecule has 0 spiro atoms. The maximum absolute atomic E-state index is 3.79. The van der Waals surface area contributed by atoms with Gasteiger partial charge in [0, 0.05) is 0 Å². The molecule has 0 aromatic heterocycles. The van der Waals surface area contributed by atoms with Crippen molar-refractivity contribution in [2.75, 3.05) is 0 Å². The minimum atomic E-state index is 1.17. The normalized spacial score (nSPS) is 10.0. The topological polar surface area (TPSA) is 0 Å². The fraction of sp³-hybridized carbons (Fsp3) is 0.429. The first-order chi connectivity index (χ1) is 13.8. The summed E-state index contributed by atoms with van der Waals surface area (Å²) < 4.78 is 0. The first-order valence-electron chi connectivity index (χ1n) is 11.2. The third kappa shape index (κ3) is 12.3. The summed E-state index contributed by atoms with van der Waals surface area (Å²) in [5, 5.41) is 0. The average molecular weight is 377 g/mol. The second-order valence-electron chi connectivity index (χ2n) is 7.49. The van der Waals surface area contributed by atoms with Crippen LogP contribution in [0.4, 0.5) is 0 Å². The van der Waals surface area contributed by atoms with Crippen molar-refractivity contribution in [3.05, 3.63) is 84.4 Å². The van der Waals surface area contributed by atoms with E-state index in [1.54, 1.807) is 0 Å². The molecule has 0 atom stereocenters. The van der Waals surface area contributed by atoms with Crippen LogP contribution in [0.25, 0.3) is 12.2 Å². The van der Waals surface area contributed by atoms with Crippen molar-refractivity contribution in [3.8, 4) is 0 Å². The Kier molecular flexibility index (Phi) is 14.6. The van der Waals surface area contributed by atoms with Gasteiger partial charge in [0.25, 0.3) is 0 Å². The maximum Gasteiger partial charge on any atom is -0.0262 e. The van der Waals surface area contributed by atoms with Crippen molar-refractivity contribution in [3.63, 3.8) is 0 Å². The molecule has 0 radical (unpaired) electrons. The van der Waals surface area contributed by atoms with Crippen LogP contribution in [0, 0.1) is 0 Å². The maximum atomic E-state index is 3.79.